The highest BCUT2D eigenvalue weighted by atomic mass is 15.0. The molecule has 90 valence electrons. The SMILES string of the molecule is CCC(C)C(C)(CN)NCc1ccccc1. The van der Waals surface area contributed by atoms with Gasteiger partial charge in [-0.1, -0.05) is 50.6 Å². The van der Waals surface area contributed by atoms with Gasteiger partial charge in [0.1, 0.15) is 0 Å². The summed E-state index contributed by atoms with van der Waals surface area (Å²) in [6, 6.07) is 10.5. The van der Waals surface area contributed by atoms with Gasteiger partial charge >= 0.3 is 0 Å². The van der Waals surface area contributed by atoms with Gasteiger partial charge in [-0.3, -0.25) is 0 Å². The number of benzene rings is 1. The van der Waals surface area contributed by atoms with E-state index in [1.165, 1.54) is 5.56 Å². The van der Waals surface area contributed by atoms with Crippen LogP contribution < -0.4 is 11.1 Å². The molecule has 1 rings (SSSR count). The van der Waals surface area contributed by atoms with Crippen molar-refractivity contribution in [3.8, 4) is 0 Å². The van der Waals surface area contributed by atoms with E-state index in [1.54, 1.807) is 0 Å². The van der Waals surface area contributed by atoms with Crippen molar-refractivity contribution in [3.63, 3.8) is 0 Å². The summed E-state index contributed by atoms with van der Waals surface area (Å²) in [5, 5.41) is 3.59. The van der Waals surface area contributed by atoms with Crippen molar-refractivity contribution in [2.75, 3.05) is 6.54 Å². The van der Waals surface area contributed by atoms with E-state index in [4.69, 9.17) is 5.73 Å². The topological polar surface area (TPSA) is 38.0 Å². The average molecular weight is 220 g/mol. The maximum Gasteiger partial charge on any atom is 0.0304 e. The van der Waals surface area contributed by atoms with Crippen molar-refractivity contribution >= 4 is 0 Å². The first-order valence-electron chi connectivity index (χ1n) is 6.11. The molecule has 0 aliphatic heterocycles. The summed E-state index contributed by atoms with van der Waals surface area (Å²) in [5.41, 5.74) is 7.23. The first-order valence-corrected chi connectivity index (χ1v) is 6.11. The Kier molecular flexibility index (Phi) is 4.97. The minimum atomic E-state index is 0.0323. The standard InChI is InChI=1S/C14H24N2/c1-4-12(2)14(3,11-15)16-10-13-8-6-5-7-9-13/h5-9,12,16H,4,10-11,15H2,1-3H3. The third kappa shape index (κ3) is 3.32. The van der Waals surface area contributed by atoms with Crippen LogP contribution in [0.3, 0.4) is 0 Å². The van der Waals surface area contributed by atoms with E-state index in [9.17, 15) is 0 Å². The Morgan fingerprint density at radius 2 is 1.94 bits per heavy atom. The van der Waals surface area contributed by atoms with Gasteiger partial charge in [-0.05, 0) is 18.4 Å². The fraction of sp³-hybridized carbons (Fsp3) is 0.571. The molecule has 0 amide bonds. The van der Waals surface area contributed by atoms with Gasteiger partial charge in [-0.2, -0.15) is 0 Å². The van der Waals surface area contributed by atoms with Crippen molar-refractivity contribution in [1.82, 2.24) is 5.32 Å². The number of hydrogen-bond acceptors (Lipinski definition) is 2. The quantitative estimate of drug-likeness (QED) is 0.773. The molecule has 1 aromatic rings. The van der Waals surface area contributed by atoms with Crippen molar-refractivity contribution in [3.05, 3.63) is 35.9 Å². The fourth-order valence-corrected chi connectivity index (χ4v) is 1.80. The minimum Gasteiger partial charge on any atom is -0.329 e. The van der Waals surface area contributed by atoms with E-state index in [2.05, 4.69) is 50.4 Å². The monoisotopic (exact) mass is 220 g/mol. The van der Waals surface area contributed by atoms with Crippen molar-refractivity contribution in [1.29, 1.82) is 0 Å². The van der Waals surface area contributed by atoms with Gasteiger partial charge in [0, 0.05) is 18.6 Å². The zero-order valence-corrected chi connectivity index (χ0v) is 10.7. The van der Waals surface area contributed by atoms with Crippen molar-refractivity contribution in [2.45, 2.75) is 39.3 Å². The van der Waals surface area contributed by atoms with Gasteiger partial charge < -0.3 is 11.1 Å². The molecule has 0 fully saturated rings. The molecule has 2 nitrogen and oxygen atoms in total. The van der Waals surface area contributed by atoms with Crippen LogP contribution in [0, 0.1) is 5.92 Å². The second-order valence-electron chi connectivity index (χ2n) is 4.77. The third-order valence-electron chi connectivity index (χ3n) is 3.66. The molecule has 3 N–H and O–H groups in total. The zero-order chi connectivity index (χ0) is 12.0. The van der Waals surface area contributed by atoms with Gasteiger partial charge in [0.2, 0.25) is 0 Å². The molecule has 1 aromatic carbocycles. The Bertz CT molecular complexity index is 297. The van der Waals surface area contributed by atoms with Crippen LogP contribution >= 0.6 is 0 Å². The summed E-state index contributed by atoms with van der Waals surface area (Å²) in [5.74, 6) is 0.584. The molecule has 0 radical (unpaired) electrons. The molecule has 0 aliphatic carbocycles. The first-order chi connectivity index (χ1) is 7.62. The molecule has 0 saturated heterocycles. The van der Waals surface area contributed by atoms with Crippen molar-refractivity contribution < 1.29 is 0 Å². The number of nitrogens with one attached hydrogen (secondary N) is 1. The lowest BCUT2D eigenvalue weighted by atomic mass is 9.85. The van der Waals surface area contributed by atoms with Gasteiger partial charge in [-0.25, -0.2) is 0 Å². The molecule has 0 heterocycles. The molecule has 0 aliphatic rings. The molecule has 2 atom stereocenters. The highest BCUT2D eigenvalue weighted by Gasteiger charge is 2.27. The summed E-state index contributed by atoms with van der Waals surface area (Å²) in [6.45, 7) is 8.24. The first kappa shape index (κ1) is 13.2. The van der Waals surface area contributed by atoms with E-state index in [0.29, 0.717) is 12.5 Å². The predicted octanol–water partition coefficient (Wildman–Crippen LogP) is 2.54. The van der Waals surface area contributed by atoms with Gasteiger partial charge in [0.25, 0.3) is 0 Å². The fourth-order valence-electron chi connectivity index (χ4n) is 1.80. The number of hydrogen-bond donors (Lipinski definition) is 2. The Hall–Kier alpha value is -0.860. The van der Waals surface area contributed by atoms with Gasteiger partial charge in [0.05, 0.1) is 0 Å². The van der Waals surface area contributed by atoms with Crippen LogP contribution in [0.1, 0.15) is 32.8 Å². The number of nitrogens with two attached hydrogens (primary N) is 1. The molecule has 0 aromatic heterocycles. The Labute approximate surface area is 99.2 Å². The lowest BCUT2D eigenvalue weighted by Gasteiger charge is -2.35. The largest absolute Gasteiger partial charge is 0.329 e. The Morgan fingerprint density at radius 3 is 2.44 bits per heavy atom. The van der Waals surface area contributed by atoms with Gasteiger partial charge in [-0.15, -0.1) is 0 Å². The van der Waals surface area contributed by atoms with E-state index in [1.807, 2.05) is 6.07 Å². The summed E-state index contributed by atoms with van der Waals surface area (Å²) in [4.78, 5) is 0. The van der Waals surface area contributed by atoms with E-state index in [0.717, 1.165) is 13.0 Å². The molecule has 16 heavy (non-hydrogen) atoms. The average Bonchev–Trinajstić information content (AvgIpc) is 2.36. The Balaban J connectivity index is 2.58. The molecule has 0 saturated carbocycles. The molecule has 0 bridgehead atoms. The zero-order valence-electron chi connectivity index (χ0n) is 10.7. The highest BCUT2D eigenvalue weighted by Crippen LogP contribution is 2.19. The predicted molar refractivity (Wildman–Crippen MR) is 70.2 cm³/mol. The third-order valence-corrected chi connectivity index (χ3v) is 3.66. The van der Waals surface area contributed by atoms with E-state index in [-0.39, 0.29) is 5.54 Å². The van der Waals surface area contributed by atoms with Crippen LogP contribution in [0.2, 0.25) is 0 Å². The van der Waals surface area contributed by atoms with Crippen molar-refractivity contribution in [2.24, 2.45) is 11.7 Å². The smallest absolute Gasteiger partial charge is 0.0304 e. The van der Waals surface area contributed by atoms with Crippen LogP contribution in [-0.2, 0) is 6.54 Å². The van der Waals surface area contributed by atoms with Crippen LogP contribution in [0.25, 0.3) is 0 Å². The maximum atomic E-state index is 5.89. The lowest BCUT2D eigenvalue weighted by Crippen LogP contribution is -2.52. The van der Waals surface area contributed by atoms with E-state index < -0.39 is 0 Å². The molecule has 2 unspecified atom stereocenters. The van der Waals surface area contributed by atoms with Crippen LogP contribution in [0.5, 0.6) is 0 Å². The summed E-state index contributed by atoms with van der Waals surface area (Å²) in [7, 11) is 0. The van der Waals surface area contributed by atoms with E-state index >= 15 is 0 Å². The second kappa shape index (κ2) is 6.02. The molecular formula is C14H24N2. The summed E-state index contributed by atoms with van der Waals surface area (Å²) < 4.78 is 0. The summed E-state index contributed by atoms with van der Waals surface area (Å²) in [6.07, 6.45) is 1.15. The molecule has 2 heteroatoms. The second-order valence-corrected chi connectivity index (χ2v) is 4.77. The highest BCUT2D eigenvalue weighted by molar-refractivity contribution is 5.14. The lowest BCUT2D eigenvalue weighted by molar-refractivity contribution is 0.244. The number of rotatable bonds is 6. The Morgan fingerprint density at radius 1 is 1.31 bits per heavy atom. The minimum absolute atomic E-state index is 0.0323. The van der Waals surface area contributed by atoms with Crippen LogP contribution in [0.15, 0.2) is 30.3 Å². The molecule has 0 spiro atoms. The maximum absolute atomic E-state index is 5.89. The van der Waals surface area contributed by atoms with Gasteiger partial charge in [0.15, 0.2) is 0 Å². The van der Waals surface area contributed by atoms with Crippen LogP contribution in [-0.4, -0.2) is 12.1 Å². The molecular weight excluding hydrogens is 196 g/mol. The van der Waals surface area contributed by atoms with Crippen LogP contribution in [0.4, 0.5) is 0 Å². The summed E-state index contributed by atoms with van der Waals surface area (Å²) >= 11 is 0. The normalized spacial score (nSPS) is 16.8.